The number of carboxylic acid groups (broad SMARTS) is 1. The SMILES string of the molecule is CCO/N=C(/C(=O)NC1C(=O)N2C(C(=O)[O-])=C(C[n+]3ccc(N)n3CCO)CSC12)c1nsc(N)n1. The van der Waals surface area contributed by atoms with Gasteiger partial charge in [-0.15, -0.1) is 21.1 Å². The Labute approximate surface area is 212 Å². The Bertz CT molecular complexity index is 1260. The van der Waals surface area contributed by atoms with E-state index in [1.165, 1.54) is 11.8 Å². The molecule has 4 heterocycles. The van der Waals surface area contributed by atoms with Crippen molar-refractivity contribution in [2.75, 3.05) is 30.4 Å². The van der Waals surface area contributed by atoms with E-state index in [4.69, 9.17) is 16.3 Å². The van der Waals surface area contributed by atoms with Crippen LogP contribution in [-0.4, -0.2) is 77.9 Å². The van der Waals surface area contributed by atoms with Crippen molar-refractivity contribution in [1.29, 1.82) is 0 Å². The minimum atomic E-state index is -1.51. The molecule has 2 aliphatic heterocycles. The van der Waals surface area contributed by atoms with E-state index >= 15 is 0 Å². The molecule has 0 aromatic carbocycles. The fourth-order valence-corrected chi connectivity index (χ4v) is 5.58. The van der Waals surface area contributed by atoms with Gasteiger partial charge in [-0.25, -0.2) is 0 Å². The predicted molar refractivity (Wildman–Crippen MR) is 126 cm³/mol. The molecule has 2 aromatic rings. The Kier molecular flexibility index (Phi) is 7.41. The van der Waals surface area contributed by atoms with Crippen LogP contribution in [-0.2, 0) is 32.3 Å². The molecule has 2 amide bonds. The summed E-state index contributed by atoms with van der Waals surface area (Å²) in [5.41, 5.74) is 11.4. The van der Waals surface area contributed by atoms with Crippen LogP contribution in [0.1, 0.15) is 12.7 Å². The molecule has 2 atom stereocenters. The summed E-state index contributed by atoms with van der Waals surface area (Å²) in [4.78, 5) is 48.0. The summed E-state index contributed by atoms with van der Waals surface area (Å²) in [7, 11) is 0. The molecule has 192 valence electrons. The van der Waals surface area contributed by atoms with Crippen LogP contribution in [0.4, 0.5) is 10.9 Å². The number of aliphatic carboxylic acids is 1. The molecule has 6 N–H and O–H groups in total. The summed E-state index contributed by atoms with van der Waals surface area (Å²) < 4.78 is 7.20. The number of β-lactam (4-membered cyclic amide) rings is 1. The zero-order chi connectivity index (χ0) is 26.0. The highest BCUT2D eigenvalue weighted by molar-refractivity contribution is 8.00. The quantitative estimate of drug-likeness (QED) is 0.101. The summed E-state index contributed by atoms with van der Waals surface area (Å²) in [5, 5.41) is 27.1. The summed E-state index contributed by atoms with van der Waals surface area (Å²) in [6.45, 7) is 2.02. The van der Waals surface area contributed by atoms with Crippen LogP contribution in [0, 0.1) is 0 Å². The number of hydrogen-bond acceptors (Lipinski definition) is 13. The number of carboxylic acids is 1. The van der Waals surface area contributed by atoms with E-state index in [0.717, 1.165) is 16.4 Å². The molecule has 0 spiro atoms. The van der Waals surface area contributed by atoms with Crippen LogP contribution < -0.4 is 26.6 Å². The normalized spacial score (nSPS) is 19.7. The van der Waals surface area contributed by atoms with E-state index in [-0.39, 0.29) is 54.4 Å². The summed E-state index contributed by atoms with van der Waals surface area (Å²) in [6.07, 6.45) is 1.65. The Balaban J connectivity index is 1.54. The van der Waals surface area contributed by atoms with Crippen LogP contribution >= 0.6 is 23.3 Å². The lowest BCUT2D eigenvalue weighted by molar-refractivity contribution is -0.767. The number of aliphatic hydroxyl groups is 1. The molecule has 4 rings (SSSR count). The number of anilines is 2. The Morgan fingerprint density at radius 3 is 2.86 bits per heavy atom. The zero-order valence-electron chi connectivity index (χ0n) is 19.0. The average Bonchev–Trinajstić information content (AvgIpc) is 3.43. The number of hydrogen-bond donors (Lipinski definition) is 4. The van der Waals surface area contributed by atoms with Gasteiger partial charge in [-0.2, -0.15) is 9.36 Å². The lowest BCUT2D eigenvalue weighted by Crippen LogP contribution is -2.71. The van der Waals surface area contributed by atoms with Gasteiger partial charge in [0.25, 0.3) is 11.8 Å². The maximum absolute atomic E-state index is 13.0. The maximum Gasteiger partial charge on any atom is 0.278 e. The van der Waals surface area contributed by atoms with Crippen LogP contribution in [0.5, 0.6) is 0 Å². The van der Waals surface area contributed by atoms with Crippen molar-refractivity contribution in [3.8, 4) is 0 Å². The molecule has 17 heteroatoms. The van der Waals surface area contributed by atoms with Gasteiger partial charge in [0.2, 0.25) is 11.5 Å². The topological polar surface area (TPSA) is 218 Å². The van der Waals surface area contributed by atoms with Gasteiger partial charge in [0.1, 0.15) is 24.6 Å². The number of rotatable bonds is 10. The van der Waals surface area contributed by atoms with Gasteiger partial charge in [-0.1, -0.05) is 5.16 Å². The Morgan fingerprint density at radius 2 is 2.22 bits per heavy atom. The number of carbonyl (C=O) groups excluding carboxylic acids is 3. The molecule has 2 aromatic heterocycles. The lowest BCUT2D eigenvalue weighted by atomic mass is 10.0. The van der Waals surface area contributed by atoms with Gasteiger partial charge < -0.3 is 36.6 Å². The fraction of sp³-hybridized carbons (Fsp3) is 0.421. The Hall–Kier alpha value is -3.70. The second kappa shape index (κ2) is 10.5. The van der Waals surface area contributed by atoms with Crippen molar-refractivity contribution in [1.82, 2.24) is 24.3 Å². The third-order valence-electron chi connectivity index (χ3n) is 5.37. The van der Waals surface area contributed by atoms with E-state index in [1.807, 2.05) is 0 Å². The number of nitrogens with two attached hydrogens (primary N) is 2. The van der Waals surface area contributed by atoms with Crippen LogP contribution in [0.25, 0.3) is 0 Å². The number of nitrogens with one attached hydrogen (secondary N) is 1. The number of carbonyl (C=O) groups is 3. The van der Waals surface area contributed by atoms with Crippen molar-refractivity contribution >= 4 is 57.7 Å². The number of oxime groups is 1. The number of nitrogen functional groups attached to an aromatic ring is 2. The summed E-state index contributed by atoms with van der Waals surface area (Å²) in [6, 6.07) is 0.614. The van der Waals surface area contributed by atoms with Crippen LogP contribution in [0.2, 0.25) is 0 Å². The third kappa shape index (κ3) is 4.71. The molecule has 36 heavy (non-hydrogen) atoms. The Morgan fingerprint density at radius 1 is 1.44 bits per heavy atom. The minimum absolute atomic E-state index is 0.0526. The lowest BCUT2D eigenvalue weighted by Gasteiger charge is -2.50. The van der Waals surface area contributed by atoms with Crippen molar-refractivity contribution in [2.24, 2.45) is 5.16 Å². The van der Waals surface area contributed by atoms with E-state index in [2.05, 4.69) is 19.8 Å². The number of amides is 2. The van der Waals surface area contributed by atoms with Crippen LogP contribution in [0.15, 0.2) is 28.7 Å². The highest BCUT2D eigenvalue weighted by atomic mass is 32.2. The molecular formula is C19H23N9O6S2. The van der Waals surface area contributed by atoms with Gasteiger partial charge in [0.05, 0.1) is 24.3 Å². The molecule has 2 aliphatic rings. The first kappa shape index (κ1) is 25.4. The van der Waals surface area contributed by atoms with E-state index in [9.17, 15) is 24.6 Å². The van der Waals surface area contributed by atoms with Gasteiger partial charge in [0.15, 0.2) is 23.7 Å². The number of nitrogens with zero attached hydrogens (tertiary/aromatic N) is 6. The average molecular weight is 538 g/mol. The first-order valence-corrected chi connectivity index (χ1v) is 12.5. The standard InChI is InChI=1S/C19H23N9O6S2/c1-2-34-24-11(14-23-19(21)36-25-14)15(30)22-12-16(31)28-13(18(32)33)9(8-35-17(12)28)7-26-4-3-10(20)27(26)5-6-29/h3-4,12,17,20,29H,2,5-8H2,1H3,(H4,21,22,23,25,30,32,33)/b24-11+. The highest BCUT2D eigenvalue weighted by Gasteiger charge is 2.53. The van der Waals surface area contributed by atoms with Gasteiger partial charge in [-0.05, 0) is 6.92 Å². The minimum Gasteiger partial charge on any atom is -0.543 e. The van der Waals surface area contributed by atoms with Crippen molar-refractivity contribution in [3.05, 3.63) is 29.4 Å². The number of aromatic nitrogens is 4. The second-order valence-electron chi connectivity index (χ2n) is 7.60. The first-order valence-electron chi connectivity index (χ1n) is 10.7. The monoisotopic (exact) mass is 537 g/mol. The molecule has 0 saturated carbocycles. The van der Waals surface area contributed by atoms with Gasteiger partial charge in [0, 0.05) is 22.9 Å². The second-order valence-corrected chi connectivity index (χ2v) is 9.49. The molecule has 1 fully saturated rings. The van der Waals surface area contributed by atoms with Gasteiger partial charge in [-0.3, -0.25) is 14.5 Å². The summed E-state index contributed by atoms with van der Waals surface area (Å²) in [5.74, 6) is -2.30. The van der Waals surface area contributed by atoms with E-state index in [1.54, 1.807) is 28.6 Å². The highest BCUT2D eigenvalue weighted by Crippen LogP contribution is 2.40. The number of thioether (sulfide) groups is 1. The predicted octanol–water partition coefficient (Wildman–Crippen LogP) is -3.37. The molecular weight excluding hydrogens is 514 g/mol. The molecule has 1 saturated heterocycles. The van der Waals surface area contributed by atoms with E-state index in [0.29, 0.717) is 11.4 Å². The van der Waals surface area contributed by atoms with Gasteiger partial charge >= 0.3 is 0 Å². The van der Waals surface area contributed by atoms with Crippen molar-refractivity contribution in [2.45, 2.75) is 31.4 Å². The molecule has 0 bridgehead atoms. The molecule has 2 unspecified atom stereocenters. The van der Waals surface area contributed by atoms with Crippen molar-refractivity contribution in [3.63, 3.8) is 0 Å². The van der Waals surface area contributed by atoms with Crippen molar-refractivity contribution < 1.29 is 34.1 Å². The zero-order valence-corrected chi connectivity index (χ0v) is 20.6. The van der Waals surface area contributed by atoms with Crippen LogP contribution in [0.3, 0.4) is 0 Å². The molecule has 0 aliphatic carbocycles. The molecule has 0 radical (unpaired) electrons. The van der Waals surface area contributed by atoms with E-state index < -0.39 is 29.2 Å². The maximum atomic E-state index is 13.0. The first-order chi connectivity index (χ1) is 17.3. The smallest absolute Gasteiger partial charge is 0.278 e. The molecule has 15 nitrogen and oxygen atoms in total. The number of fused-ring (bicyclic) bond motifs is 1. The number of aliphatic hydroxyl groups excluding tert-OH is 1. The fourth-order valence-electron chi connectivity index (χ4n) is 3.81. The summed E-state index contributed by atoms with van der Waals surface area (Å²) >= 11 is 2.16. The largest absolute Gasteiger partial charge is 0.543 e. The third-order valence-corrected chi connectivity index (χ3v) is 7.25.